The fourth-order valence-corrected chi connectivity index (χ4v) is 4.37. The summed E-state index contributed by atoms with van der Waals surface area (Å²) in [7, 11) is 3.28. The Labute approximate surface area is 191 Å². The third-order valence-corrected chi connectivity index (χ3v) is 6.17. The van der Waals surface area contributed by atoms with Crippen LogP contribution in [0.1, 0.15) is 21.7 Å². The van der Waals surface area contributed by atoms with Crippen molar-refractivity contribution < 1.29 is 19.0 Å². The number of benzene rings is 2. The van der Waals surface area contributed by atoms with Gasteiger partial charge in [-0.25, -0.2) is 0 Å². The lowest BCUT2D eigenvalue weighted by Crippen LogP contribution is -2.40. The maximum Gasteiger partial charge on any atom is 0.254 e. The Morgan fingerprint density at radius 1 is 1.03 bits per heavy atom. The van der Waals surface area contributed by atoms with E-state index in [4.69, 9.17) is 14.2 Å². The number of nitrogens with zero attached hydrogens (tertiary/aromatic N) is 4. The Balaban J connectivity index is 1.46. The van der Waals surface area contributed by atoms with Crippen LogP contribution in [0.3, 0.4) is 0 Å². The summed E-state index contributed by atoms with van der Waals surface area (Å²) in [6, 6.07) is 15.5. The summed E-state index contributed by atoms with van der Waals surface area (Å²) < 4.78 is 17.9. The van der Waals surface area contributed by atoms with Crippen LogP contribution in [-0.4, -0.2) is 66.1 Å². The zero-order chi connectivity index (χ0) is 22.3. The summed E-state index contributed by atoms with van der Waals surface area (Å²) in [4.78, 5) is 14.5. The first-order valence-electron chi connectivity index (χ1n) is 10.4. The molecule has 2 aromatic carbocycles. The van der Waals surface area contributed by atoms with Crippen LogP contribution in [0.2, 0.25) is 0 Å². The lowest BCUT2D eigenvalue weighted by Gasteiger charge is -2.26. The van der Waals surface area contributed by atoms with Gasteiger partial charge in [-0.05, 0) is 42.0 Å². The predicted molar refractivity (Wildman–Crippen MR) is 121 cm³/mol. The molecule has 0 radical (unpaired) electrons. The lowest BCUT2D eigenvalue weighted by atomic mass is 10.1. The van der Waals surface area contributed by atoms with Gasteiger partial charge in [0.1, 0.15) is 12.4 Å². The summed E-state index contributed by atoms with van der Waals surface area (Å²) in [6.45, 7) is 2.83. The van der Waals surface area contributed by atoms with Gasteiger partial charge in [0.05, 0.1) is 20.3 Å². The van der Waals surface area contributed by atoms with Crippen molar-refractivity contribution in [1.29, 1.82) is 0 Å². The van der Waals surface area contributed by atoms with E-state index in [1.165, 1.54) is 0 Å². The van der Waals surface area contributed by atoms with E-state index in [1.807, 2.05) is 58.0 Å². The standard InChI is InChI=1S/C23H26N4O4S/c1-29-15-21-24-25-23(27(21)19-7-9-20(30-2)10-8-19)32-16-17-3-5-18(6-4-17)22(28)26-11-13-31-14-12-26/h3-10H,11-16H2,1-2H3. The van der Waals surface area contributed by atoms with Crippen LogP contribution in [0.4, 0.5) is 0 Å². The van der Waals surface area contributed by atoms with Crippen LogP contribution in [-0.2, 0) is 21.8 Å². The van der Waals surface area contributed by atoms with Gasteiger partial charge in [-0.1, -0.05) is 23.9 Å². The Morgan fingerprint density at radius 2 is 1.75 bits per heavy atom. The monoisotopic (exact) mass is 454 g/mol. The SMILES string of the molecule is COCc1nnc(SCc2ccc(C(=O)N3CCOCC3)cc2)n1-c1ccc(OC)cc1. The third kappa shape index (κ3) is 5.12. The van der Waals surface area contributed by atoms with Gasteiger partial charge in [-0.15, -0.1) is 10.2 Å². The van der Waals surface area contributed by atoms with Crippen LogP contribution < -0.4 is 4.74 Å². The summed E-state index contributed by atoms with van der Waals surface area (Å²) in [5, 5.41) is 9.44. The number of hydrogen-bond donors (Lipinski definition) is 0. The molecule has 1 amide bonds. The number of carbonyl (C=O) groups is 1. The number of ether oxygens (including phenoxy) is 3. The summed E-state index contributed by atoms with van der Waals surface area (Å²) in [5.74, 6) is 2.27. The molecule has 0 aliphatic carbocycles. The number of amides is 1. The molecule has 3 aromatic rings. The fourth-order valence-electron chi connectivity index (χ4n) is 3.45. The van der Waals surface area contributed by atoms with Gasteiger partial charge in [0.2, 0.25) is 0 Å². The molecule has 1 aromatic heterocycles. The van der Waals surface area contributed by atoms with Crippen molar-refractivity contribution in [2.75, 3.05) is 40.5 Å². The molecule has 1 aliphatic rings. The highest BCUT2D eigenvalue weighted by molar-refractivity contribution is 7.98. The quantitative estimate of drug-likeness (QED) is 0.484. The van der Waals surface area contributed by atoms with Gasteiger partial charge in [0.25, 0.3) is 5.91 Å². The second-order valence-electron chi connectivity index (χ2n) is 7.26. The van der Waals surface area contributed by atoms with Crippen LogP contribution in [0, 0.1) is 0 Å². The van der Waals surface area contributed by atoms with E-state index >= 15 is 0 Å². The van der Waals surface area contributed by atoms with E-state index in [1.54, 1.807) is 26.0 Å². The molecule has 0 atom stereocenters. The van der Waals surface area contributed by atoms with Crippen molar-refractivity contribution in [2.45, 2.75) is 17.5 Å². The maximum absolute atomic E-state index is 12.6. The van der Waals surface area contributed by atoms with E-state index < -0.39 is 0 Å². The molecule has 0 unspecified atom stereocenters. The van der Waals surface area contributed by atoms with Gasteiger partial charge in [-0.2, -0.15) is 0 Å². The predicted octanol–water partition coefficient (Wildman–Crippen LogP) is 3.19. The number of rotatable bonds is 8. The fraction of sp³-hybridized carbons (Fsp3) is 0.348. The molecule has 0 bridgehead atoms. The Kier molecular flexibility index (Phi) is 7.41. The first-order chi connectivity index (χ1) is 15.7. The van der Waals surface area contributed by atoms with Crippen molar-refractivity contribution in [1.82, 2.24) is 19.7 Å². The largest absolute Gasteiger partial charge is 0.497 e. The van der Waals surface area contributed by atoms with E-state index in [-0.39, 0.29) is 5.91 Å². The first-order valence-corrected chi connectivity index (χ1v) is 11.3. The van der Waals surface area contributed by atoms with E-state index in [0.717, 1.165) is 28.0 Å². The number of morpholine rings is 1. The van der Waals surface area contributed by atoms with Crippen LogP contribution >= 0.6 is 11.8 Å². The number of aromatic nitrogens is 3. The van der Waals surface area contributed by atoms with Gasteiger partial charge in [0, 0.05) is 37.2 Å². The Morgan fingerprint density at radius 3 is 2.41 bits per heavy atom. The van der Waals surface area contributed by atoms with Crippen molar-refractivity contribution in [2.24, 2.45) is 0 Å². The molecule has 8 nitrogen and oxygen atoms in total. The Bertz CT molecular complexity index is 1030. The van der Waals surface area contributed by atoms with Gasteiger partial charge in [-0.3, -0.25) is 9.36 Å². The second-order valence-corrected chi connectivity index (χ2v) is 8.20. The zero-order valence-corrected chi connectivity index (χ0v) is 19.0. The molecule has 0 spiro atoms. The molecule has 0 N–H and O–H groups in total. The number of thioether (sulfide) groups is 1. The van der Waals surface area contributed by atoms with Crippen LogP contribution in [0.15, 0.2) is 53.7 Å². The van der Waals surface area contributed by atoms with Gasteiger partial charge in [0.15, 0.2) is 11.0 Å². The van der Waals surface area contributed by atoms with E-state index in [2.05, 4.69) is 10.2 Å². The van der Waals surface area contributed by atoms with Crippen LogP contribution in [0.5, 0.6) is 5.75 Å². The number of methoxy groups -OCH3 is 2. The topological polar surface area (TPSA) is 78.7 Å². The first kappa shape index (κ1) is 22.3. The average Bonchev–Trinajstić information content (AvgIpc) is 3.26. The Hall–Kier alpha value is -2.88. The number of carbonyl (C=O) groups excluding carboxylic acids is 1. The molecule has 0 saturated carbocycles. The van der Waals surface area contributed by atoms with Crippen molar-refractivity contribution >= 4 is 17.7 Å². The van der Waals surface area contributed by atoms with Gasteiger partial charge < -0.3 is 19.1 Å². The van der Waals surface area contributed by atoms with Crippen molar-refractivity contribution in [3.05, 3.63) is 65.5 Å². The van der Waals surface area contributed by atoms with Crippen LogP contribution in [0.25, 0.3) is 5.69 Å². The molecule has 4 rings (SSSR count). The molecule has 1 aliphatic heterocycles. The average molecular weight is 455 g/mol. The third-order valence-electron chi connectivity index (χ3n) is 5.17. The highest BCUT2D eigenvalue weighted by atomic mass is 32.2. The van der Waals surface area contributed by atoms with E-state index in [9.17, 15) is 4.79 Å². The zero-order valence-electron chi connectivity index (χ0n) is 18.2. The molecule has 168 valence electrons. The highest BCUT2D eigenvalue weighted by Gasteiger charge is 2.19. The minimum Gasteiger partial charge on any atom is -0.497 e. The smallest absolute Gasteiger partial charge is 0.254 e. The molecule has 9 heteroatoms. The minimum absolute atomic E-state index is 0.0518. The minimum atomic E-state index is 0.0518. The van der Waals surface area contributed by atoms with Crippen molar-refractivity contribution in [3.63, 3.8) is 0 Å². The molecule has 2 heterocycles. The van der Waals surface area contributed by atoms with E-state index in [0.29, 0.717) is 44.2 Å². The molecule has 32 heavy (non-hydrogen) atoms. The van der Waals surface area contributed by atoms with Gasteiger partial charge >= 0.3 is 0 Å². The van der Waals surface area contributed by atoms with Crippen molar-refractivity contribution in [3.8, 4) is 11.4 Å². The normalized spacial score (nSPS) is 13.9. The summed E-state index contributed by atoms with van der Waals surface area (Å²) in [5.41, 5.74) is 2.74. The maximum atomic E-state index is 12.6. The molecule has 1 saturated heterocycles. The summed E-state index contributed by atoms with van der Waals surface area (Å²) >= 11 is 1.58. The second kappa shape index (κ2) is 10.6. The lowest BCUT2D eigenvalue weighted by molar-refractivity contribution is 0.0303. The summed E-state index contributed by atoms with van der Waals surface area (Å²) in [6.07, 6.45) is 0. The molecule has 1 fully saturated rings. The highest BCUT2D eigenvalue weighted by Crippen LogP contribution is 2.27. The molecular weight excluding hydrogens is 428 g/mol. The number of hydrogen-bond acceptors (Lipinski definition) is 7. The molecular formula is C23H26N4O4S.